The Morgan fingerprint density at radius 2 is 2.20 bits per heavy atom. The number of carboxylic acid groups (broad SMARTS) is 1. The maximum atomic E-state index is 10.3. The zero-order chi connectivity index (χ0) is 11.1. The molecular weight excluding hydrogens is 194 g/mol. The first-order valence-corrected chi connectivity index (χ1v) is 5.66. The smallest absolute Gasteiger partial charge is 0.303 e. The van der Waals surface area contributed by atoms with Crippen LogP contribution in [0.4, 0.5) is 0 Å². The van der Waals surface area contributed by atoms with E-state index in [2.05, 4.69) is 4.90 Å². The molecule has 1 aliphatic rings. The second-order valence-electron chi connectivity index (χ2n) is 4.32. The van der Waals surface area contributed by atoms with Crippen molar-refractivity contribution in [3.8, 4) is 0 Å². The highest BCUT2D eigenvalue weighted by atomic mass is 16.5. The quantitative estimate of drug-likeness (QED) is 0.587. The third-order valence-corrected chi connectivity index (χ3v) is 2.60. The van der Waals surface area contributed by atoms with Crippen molar-refractivity contribution < 1.29 is 14.6 Å². The Kier molecular flexibility index (Phi) is 5.65. The lowest BCUT2D eigenvalue weighted by Gasteiger charge is -2.15. The van der Waals surface area contributed by atoms with Crippen molar-refractivity contribution in [2.75, 3.05) is 33.4 Å². The van der Waals surface area contributed by atoms with Crippen LogP contribution >= 0.6 is 0 Å². The second kappa shape index (κ2) is 6.80. The van der Waals surface area contributed by atoms with Crippen molar-refractivity contribution in [3.63, 3.8) is 0 Å². The molecule has 1 rings (SSSR count). The highest BCUT2D eigenvalue weighted by Gasteiger charge is 2.20. The molecule has 1 aliphatic carbocycles. The van der Waals surface area contributed by atoms with Crippen molar-refractivity contribution in [3.05, 3.63) is 0 Å². The second-order valence-corrected chi connectivity index (χ2v) is 4.32. The van der Waals surface area contributed by atoms with E-state index >= 15 is 0 Å². The van der Waals surface area contributed by atoms with Crippen LogP contribution in [0.2, 0.25) is 0 Å². The zero-order valence-corrected chi connectivity index (χ0v) is 9.45. The van der Waals surface area contributed by atoms with Crippen molar-refractivity contribution in [1.29, 1.82) is 0 Å². The molecule has 0 aromatic heterocycles. The lowest BCUT2D eigenvalue weighted by atomic mass is 10.3. The van der Waals surface area contributed by atoms with Gasteiger partial charge in [0.05, 0.1) is 6.61 Å². The van der Waals surface area contributed by atoms with Gasteiger partial charge in [0.2, 0.25) is 0 Å². The molecule has 0 bridgehead atoms. The molecule has 0 aromatic rings. The summed E-state index contributed by atoms with van der Waals surface area (Å²) in [5, 5.41) is 8.47. The van der Waals surface area contributed by atoms with Gasteiger partial charge in [-0.2, -0.15) is 0 Å². The summed E-state index contributed by atoms with van der Waals surface area (Å²) in [6, 6.07) is 0. The van der Waals surface area contributed by atoms with Crippen molar-refractivity contribution in [2.24, 2.45) is 5.92 Å². The fourth-order valence-corrected chi connectivity index (χ4v) is 1.37. The highest BCUT2D eigenvalue weighted by Crippen LogP contribution is 2.28. The van der Waals surface area contributed by atoms with E-state index < -0.39 is 5.97 Å². The molecule has 1 saturated carbocycles. The van der Waals surface area contributed by atoms with Crippen LogP contribution < -0.4 is 0 Å². The Morgan fingerprint density at radius 1 is 1.47 bits per heavy atom. The molecule has 4 nitrogen and oxygen atoms in total. The summed E-state index contributed by atoms with van der Waals surface area (Å²) in [6.07, 6.45) is 3.63. The van der Waals surface area contributed by atoms with E-state index in [1.165, 1.54) is 12.8 Å². The maximum absolute atomic E-state index is 10.3. The number of hydrogen-bond donors (Lipinski definition) is 1. The number of nitrogens with zero attached hydrogens (tertiary/aromatic N) is 1. The predicted octanol–water partition coefficient (Wildman–Crippen LogP) is 1.21. The van der Waals surface area contributed by atoms with E-state index in [-0.39, 0.29) is 6.42 Å². The summed E-state index contributed by atoms with van der Waals surface area (Å²) in [7, 11) is 2.00. The Morgan fingerprint density at radius 3 is 2.80 bits per heavy atom. The van der Waals surface area contributed by atoms with Crippen LogP contribution in [0, 0.1) is 5.92 Å². The van der Waals surface area contributed by atoms with Crippen LogP contribution in [0.3, 0.4) is 0 Å². The Labute approximate surface area is 91.2 Å². The van der Waals surface area contributed by atoms with Crippen molar-refractivity contribution in [1.82, 2.24) is 4.90 Å². The number of carbonyl (C=O) groups is 1. The van der Waals surface area contributed by atoms with E-state index in [9.17, 15) is 4.79 Å². The number of likely N-dealkylation sites (N-methyl/N-ethyl adjacent to an activating group) is 1. The normalized spacial score (nSPS) is 15.9. The molecule has 88 valence electrons. The van der Waals surface area contributed by atoms with Gasteiger partial charge in [-0.05, 0) is 38.8 Å². The van der Waals surface area contributed by atoms with E-state index in [0.29, 0.717) is 6.42 Å². The van der Waals surface area contributed by atoms with Crippen LogP contribution in [0.25, 0.3) is 0 Å². The number of aliphatic carboxylic acids is 1. The van der Waals surface area contributed by atoms with Gasteiger partial charge in [-0.1, -0.05) is 0 Å². The molecule has 15 heavy (non-hydrogen) atoms. The van der Waals surface area contributed by atoms with Gasteiger partial charge < -0.3 is 14.7 Å². The van der Waals surface area contributed by atoms with Crippen LogP contribution in [-0.2, 0) is 9.53 Å². The van der Waals surface area contributed by atoms with Crippen LogP contribution in [-0.4, -0.2) is 49.3 Å². The van der Waals surface area contributed by atoms with Gasteiger partial charge in [-0.3, -0.25) is 4.79 Å². The molecule has 1 N–H and O–H groups in total. The van der Waals surface area contributed by atoms with Crippen molar-refractivity contribution >= 4 is 5.97 Å². The fourth-order valence-electron chi connectivity index (χ4n) is 1.37. The van der Waals surface area contributed by atoms with Gasteiger partial charge in [-0.25, -0.2) is 0 Å². The molecule has 0 saturated heterocycles. The first-order valence-electron chi connectivity index (χ1n) is 5.66. The van der Waals surface area contributed by atoms with Gasteiger partial charge in [0, 0.05) is 19.6 Å². The lowest BCUT2D eigenvalue weighted by molar-refractivity contribution is -0.137. The Hall–Kier alpha value is -0.610. The van der Waals surface area contributed by atoms with Gasteiger partial charge in [-0.15, -0.1) is 0 Å². The summed E-state index contributed by atoms with van der Waals surface area (Å²) >= 11 is 0. The first-order chi connectivity index (χ1) is 7.18. The molecular formula is C11H21NO3. The van der Waals surface area contributed by atoms with Gasteiger partial charge in [0.25, 0.3) is 0 Å². The molecule has 1 fully saturated rings. The van der Waals surface area contributed by atoms with Crippen molar-refractivity contribution in [2.45, 2.75) is 25.7 Å². The molecule has 0 heterocycles. The minimum atomic E-state index is -0.714. The molecule has 0 spiro atoms. The van der Waals surface area contributed by atoms with Crippen LogP contribution in [0.5, 0.6) is 0 Å². The standard InChI is InChI=1S/C11H21NO3/c1-12(6-2-3-11(13)14)7-8-15-9-10-4-5-10/h10H,2-9H2,1H3,(H,13,14). The molecule has 0 amide bonds. The average molecular weight is 215 g/mol. The molecule has 0 radical (unpaired) electrons. The summed E-state index contributed by atoms with van der Waals surface area (Å²) < 4.78 is 5.50. The fraction of sp³-hybridized carbons (Fsp3) is 0.909. The summed E-state index contributed by atoms with van der Waals surface area (Å²) in [4.78, 5) is 12.4. The molecule has 0 aliphatic heterocycles. The molecule has 0 atom stereocenters. The molecule has 4 heteroatoms. The maximum Gasteiger partial charge on any atom is 0.303 e. The van der Waals surface area contributed by atoms with Gasteiger partial charge in [0.1, 0.15) is 0 Å². The number of ether oxygens (including phenoxy) is 1. The highest BCUT2D eigenvalue weighted by molar-refractivity contribution is 5.66. The minimum absolute atomic E-state index is 0.257. The average Bonchev–Trinajstić information content (AvgIpc) is 2.95. The molecule has 0 unspecified atom stereocenters. The SMILES string of the molecule is CN(CCCC(=O)O)CCOCC1CC1. The Balaban J connectivity index is 1.83. The third kappa shape index (κ3) is 7.33. The lowest BCUT2D eigenvalue weighted by Crippen LogP contribution is -2.25. The van der Waals surface area contributed by atoms with Gasteiger partial charge in [0.15, 0.2) is 0 Å². The minimum Gasteiger partial charge on any atom is -0.481 e. The summed E-state index contributed by atoms with van der Waals surface area (Å²) in [5.41, 5.74) is 0. The van der Waals surface area contributed by atoms with Crippen LogP contribution in [0.15, 0.2) is 0 Å². The van der Waals surface area contributed by atoms with E-state index in [4.69, 9.17) is 9.84 Å². The number of carboxylic acids is 1. The van der Waals surface area contributed by atoms with E-state index in [1.54, 1.807) is 0 Å². The third-order valence-electron chi connectivity index (χ3n) is 2.60. The van der Waals surface area contributed by atoms with E-state index in [0.717, 1.165) is 32.2 Å². The number of hydrogen-bond acceptors (Lipinski definition) is 3. The Bertz CT molecular complexity index is 192. The predicted molar refractivity (Wildman–Crippen MR) is 57.9 cm³/mol. The summed E-state index contributed by atoms with van der Waals surface area (Å²) in [5.74, 6) is 0.107. The molecule has 0 aromatic carbocycles. The number of rotatable bonds is 9. The topological polar surface area (TPSA) is 49.8 Å². The van der Waals surface area contributed by atoms with Gasteiger partial charge >= 0.3 is 5.97 Å². The zero-order valence-electron chi connectivity index (χ0n) is 9.45. The monoisotopic (exact) mass is 215 g/mol. The first kappa shape index (κ1) is 12.5. The van der Waals surface area contributed by atoms with Crippen LogP contribution in [0.1, 0.15) is 25.7 Å². The largest absolute Gasteiger partial charge is 0.481 e. The van der Waals surface area contributed by atoms with E-state index in [1.807, 2.05) is 7.05 Å². The summed E-state index contributed by atoms with van der Waals surface area (Å²) in [6.45, 7) is 3.40.